The monoisotopic (exact) mass is 185 g/mol. The third kappa shape index (κ3) is 3.65. The molecule has 1 saturated heterocycles. The molecule has 0 aromatic heterocycles. The summed E-state index contributed by atoms with van der Waals surface area (Å²) in [6, 6.07) is 0. The molecule has 0 N–H and O–H groups in total. The number of rotatable bonds is 3. The van der Waals surface area contributed by atoms with Gasteiger partial charge in [-0.15, -0.1) is 0 Å². The lowest BCUT2D eigenvalue weighted by Crippen LogP contribution is -2.45. The summed E-state index contributed by atoms with van der Waals surface area (Å²) < 4.78 is 5.98. The van der Waals surface area contributed by atoms with Crippen LogP contribution in [0.25, 0.3) is 0 Å². The Morgan fingerprint density at radius 2 is 1.92 bits per heavy atom. The van der Waals surface area contributed by atoms with Gasteiger partial charge in [-0.25, -0.2) is 0 Å². The smallest absolute Gasteiger partial charge is 0.0708 e. The first-order chi connectivity index (χ1) is 6.11. The number of hydrogen-bond donors (Lipinski definition) is 0. The third-order valence-electron chi connectivity index (χ3n) is 2.61. The van der Waals surface area contributed by atoms with Crippen molar-refractivity contribution in [3.63, 3.8) is 0 Å². The molecule has 1 rings (SSSR count). The van der Waals surface area contributed by atoms with Gasteiger partial charge in [0.1, 0.15) is 0 Å². The van der Waals surface area contributed by atoms with Gasteiger partial charge in [0.25, 0.3) is 0 Å². The standard InChI is InChI=1S/C11H23NO/c1-5-10-7-12(4)8-11(13-10)6-9(2)3/h9-11H,5-8H2,1-4H3/t10-,11?/m1/s1. The maximum atomic E-state index is 5.98. The molecule has 1 unspecified atom stereocenters. The molecule has 0 bridgehead atoms. The lowest BCUT2D eigenvalue weighted by Gasteiger charge is -2.36. The maximum absolute atomic E-state index is 5.98. The SMILES string of the molecule is CC[C@@H]1CN(C)CC(CC(C)C)O1. The Morgan fingerprint density at radius 3 is 2.46 bits per heavy atom. The van der Waals surface area contributed by atoms with E-state index in [4.69, 9.17) is 4.74 Å². The van der Waals surface area contributed by atoms with E-state index in [1.165, 1.54) is 6.42 Å². The van der Waals surface area contributed by atoms with E-state index in [0.29, 0.717) is 12.2 Å². The van der Waals surface area contributed by atoms with Gasteiger partial charge in [0.2, 0.25) is 0 Å². The van der Waals surface area contributed by atoms with Gasteiger partial charge in [-0.3, -0.25) is 0 Å². The van der Waals surface area contributed by atoms with E-state index in [9.17, 15) is 0 Å². The number of nitrogens with zero attached hydrogens (tertiary/aromatic N) is 1. The Labute approximate surface area is 82.3 Å². The highest BCUT2D eigenvalue weighted by molar-refractivity contribution is 4.75. The van der Waals surface area contributed by atoms with Crippen molar-refractivity contribution < 1.29 is 4.74 Å². The van der Waals surface area contributed by atoms with E-state index < -0.39 is 0 Å². The molecule has 2 heteroatoms. The van der Waals surface area contributed by atoms with Crippen LogP contribution in [0.3, 0.4) is 0 Å². The molecule has 1 aliphatic rings. The molecule has 0 radical (unpaired) electrons. The van der Waals surface area contributed by atoms with Crippen molar-refractivity contribution in [2.45, 2.75) is 45.8 Å². The predicted molar refractivity (Wildman–Crippen MR) is 55.9 cm³/mol. The second-order valence-corrected chi connectivity index (χ2v) is 4.64. The summed E-state index contributed by atoms with van der Waals surface area (Å²) in [5, 5.41) is 0. The van der Waals surface area contributed by atoms with Crippen LogP contribution in [0, 0.1) is 5.92 Å². The molecular weight excluding hydrogens is 162 g/mol. The third-order valence-corrected chi connectivity index (χ3v) is 2.61. The quantitative estimate of drug-likeness (QED) is 0.668. The summed E-state index contributed by atoms with van der Waals surface area (Å²) in [5.41, 5.74) is 0. The zero-order valence-electron chi connectivity index (χ0n) is 9.42. The van der Waals surface area contributed by atoms with Crippen LogP contribution in [-0.4, -0.2) is 37.2 Å². The first kappa shape index (κ1) is 11.0. The van der Waals surface area contributed by atoms with Crippen LogP contribution in [-0.2, 0) is 4.74 Å². The lowest BCUT2D eigenvalue weighted by molar-refractivity contribution is -0.0859. The highest BCUT2D eigenvalue weighted by atomic mass is 16.5. The number of ether oxygens (including phenoxy) is 1. The minimum Gasteiger partial charge on any atom is -0.372 e. The van der Waals surface area contributed by atoms with Gasteiger partial charge in [0.15, 0.2) is 0 Å². The first-order valence-electron chi connectivity index (χ1n) is 5.45. The zero-order chi connectivity index (χ0) is 9.84. The summed E-state index contributed by atoms with van der Waals surface area (Å²) in [6.45, 7) is 8.94. The van der Waals surface area contributed by atoms with E-state index in [1.54, 1.807) is 0 Å². The van der Waals surface area contributed by atoms with Crippen LogP contribution in [0.2, 0.25) is 0 Å². The van der Waals surface area contributed by atoms with Gasteiger partial charge in [-0.1, -0.05) is 20.8 Å². The average Bonchev–Trinajstić information content (AvgIpc) is 2.01. The summed E-state index contributed by atoms with van der Waals surface area (Å²) in [6.07, 6.45) is 3.26. The minimum atomic E-state index is 0.461. The van der Waals surface area contributed by atoms with Gasteiger partial charge in [-0.05, 0) is 25.8 Å². The molecule has 13 heavy (non-hydrogen) atoms. The molecule has 1 fully saturated rings. The van der Waals surface area contributed by atoms with Crippen molar-refractivity contribution in [2.75, 3.05) is 20.1 Å². The summed E-state index contributed by atoms with van der Waals surface area (Å²) in [4.78, 5) is 2.39. The largest absolute Gasteiger partial charge is 0.372 e. The van der Waals surface area contributed by atoms with Gasteiger partial charge in [0, 0.05) is 13.1 Å². The van der Waals surface area contributed by atoms with Crippen LogP contribution in [0.5, 0.6) is 0 Å². The van der Waals surface area contributed by atoms with Crippen molar-refractivity contribution in [2.24, 2.45) is 5.92 Å². The Bertz CT molecular complexity index is 145. The molecule has 0 aliphatic carbocycles. The molecule has 0 amide bonds. The van der Waals surface area contributed by atoms with E-state index >= 15 is 0 Å². The molecular formula is C11H23NO. The molecule has 78 valence electrons. The summed E-state index contributed by atoms with van der Waals surface area (Å²) in [7, 11) is 2.19. The van der Waals surface area contributed by atoms with Gasteiger partial charge >= 0.3 is 0 Å². The second-order valence-electron chi connectivity index (χ2n) is 4.64. The normalized spacial score (nSPS) is 31.2. The lowest BCUT2D eigenvalue weighted by atomic mass is 10.0. The van der Waals surface area contributed by atoms with Gasteiger partial charge < -0.3 is 9.64 Å². The Hall–Kier alpha value is -0.0800. The Morgan fingerprint density at radius 1 is 1.31 bits per heavy atom. The molecule has 0 aromatic rings. The Balaban J connectivity index is 2.37. The Kier molecular flexibility index (Phi) is 4.20. The van der Waals surface area contributed by atoms with Gasteiger partial charge in [0.05, 0.1) is 12.2 Å². The van der Waals surface area contributed by atoms with Crippen molar-refractivity contribution in [1.29, 1.82) is 0 Å². The van der Waals surface area contributed by atoms with E-state index in [0.717, 1.165) is 25.4 Å². The van der Waals surface area contributed by atoms with Crippen molar-refractivity contribution in [1.82, 2.24) is 4.90 Å². The molecule has 2 nitrogen and oxygen atoms in total. The van der Waals surface area contributed by atoms with Crippen molar-refractivity contribution in [3.05, 3.63) is 0 Å². The molecule has 2 atom stereocenters. The fourth-order valence-electron chi connectivity index (χ4n) is 2.01. The van der Waals surface area contributed by atoms with Crippen LogP contribution < -0.4 is 0 Å². The first-order valence-corrected chi connectivity index (χ1v) is 5.45. The van der Waals surface area contributed by atoms with Crippen LogP contribution >= 0.6 is 0 Å². The highest BCUT2D eigenvalue weighted by Crippen LogP contribution is 2.17. The molecule has 0 spiro atoms. The summed E-state index contributed by atoms with van der Waals surface area (Å²) >= 11 is 0. The van der Waals surface area contributed by atoms with E-state index in [1.807, 2.05) is 0 Å². The molecule has 1 heterocycles. The fraction of sp³-hybridized carbons (Fsp3) is 1.00. The van der Waals surface area contributed by atoms with Crippen LogP contribution in [0.4, 0.5) is 0 Å². The topological polar surface area (TPSA) is 12.5 Å². The zero-order valence-corrected chi connectivity index (χ0v) is 9.42. The molecule has 0 aromatic carbocycles. The van der Waals surface area contributed by atoms with Crippen molar-refractivity contribution >= 4 is 0 Å². The summed E-state index contributed by atoms with van der Waals surface area (Å²) in [5.74, 6) is 0.744. The number of morpholine rings is 1. The van der Waals surface area contributed by atoms with E-state index in [-0.39, 0.29) is 0 Å². The number of likely N-dealkylation sites (N-methyl/N-ethyl adjacent to an activating group) is 1. The number of hydrogen-bond acceptors (Lipinski definition) is 2. The average molecular weight is 185 g/mol. The predicted octanol–water partition coefficient (Wildman–Crippen LogP) is 2.14. The maximum Gasteiger partial charge on any atom is 0.0708 e. The van der Waals surface area contributed by atoms with Crippen LogP contribution in [0.1, 0.15) is 33.6 Å². The van der Waals surface area contributed by atoms with Crippen molar-refractivity contribution in [3.8, 4) is 0 Å². The minimum absolute atomic E-state index is 0.461. The molecule has 0 saturated carbocycles. The van der Waals surface area contributed by atoms with E-state index in [2.05, 4.69) is 32.7 Å². The highest BCUT2D eigenvalue weighted by Gasteiger charge is 2.24. The second kappa shape index (κ2) is 4.97. The fourth-order valence-corrected chi connectivity index (χ4v) is 2.01. The van der Waals surface area contributed by atoms with Crippen LogP contribution in [0.15, 0.2) is 0 Å². The molecule has 1 aliphatic heterocycles. The van der Waals surface area contributed by atoms with Gasteiger partial charge in [-0.2, -0.15) is 0 Å².